The molecule has 3 heterocycles. The Labute approximate surface area is 195 Å². The Balaban J connectivity index is 1.07. The van der Waals surface area contributed by atoms with Crippen molar-refractivity contribution in [3.63, 3.8) is 0 Å². The smallest absolute Gasteiger partial charge is 0.241 e. The molecule has 0 radical (unpaired) electrons. The third-order valence-corrected chi connectivity index (χ3v) is 8.25. The van der Waals surface area contributed by atoms with Gasteiger partial charge in [-0.15, -0.1) is 0 Å². The summed E-state index contributed by atoms with van der Waals surface area (Å²) in [6.07, 6.45) is 5.54. The molecule has 1 aromatic rings. The summed E-state index contributed by atoms with van der Waals surface area (Å²) in [6.45, 7) is 4.31. The first-order valence-electron chi connectivity index (χ1n) is 12.5. The summed E-state index contributed by atoms with van der Waals surface area (Å²) in [5.41, 5.74) is 4.42. The molecule has 3 saturated heterocycles. The summed E-state index contributed by atoms with van der Waals surface area (Å²) in [4.78, 5) is 30.0. The summed E-state index contributed by atoms with van der Waals surface area (Å²) in [5.74, 6) is 0.621. The van der Waals surface area contributed by atoms with Gasteiger partial charge in [-0.05, 0) is 75.2 Å². The second kappa shape index (κ2) is 9.68. The van der Waals surface area contributed by atoms with Crippen LogP contribution >= 0.6 is 0 Å². The molecule has 8 heteroatoms. The predicted molar refractivity (Wildman–Crippen MR) is 123 cm³/mol. The highest BCUT2D eigenvalue weighted by Gasteiger charge is 2.50. The van der Waals surface area contributed by atoms with Crippen molar-refractivity contribution < 1.29 is 14.0 Å². The average molecular weight is 458 g/mol. The van der Waals surface area contributed by atoms with Gasteiger partial charge in [-0.1, -0.05) is 12.1 Å². The van der Waals surface area contributed by atoms with E-state index in [0.717, 1.165) is 76.8 Å². The lowest BCUT2D eigenvalue weighted by atomic mass is 9.79. The molecule has 1 saturated carbocycles. The minimum absolute atomic E-state index is 0.0197. The maximum atomic E-state index is 13.4. The maximum Gasteiger partial charge on any atom is 0.241 e. The van der Waals surface area contributed by atoms with Crippen LogP contribution in [0.3, 0.4) is 0 Å². The molecule has 7 nitrogen and oxygen atoms in total. The number of halogens is 1. The molecule has 0 spiro atoms. The maximum absolute atomic E-state index is 13.4. The van der Waals surface area contributed by atoms with Crippen molar-refractivity contribution in [3.05, 3.63) is 35.6 Å². The quantitative estimate of drug-likeness (QED) is 0.705. The number of piperidine rings is 1. The number of hydrogen-bond donors (Lipinski definition) is 2. The van der Waals surface area contributed by atoms with E-state index in [1.54, 1.807) is 12.1 Å². The van der Waals surface area contributed by atoms with Crippen LogP contribution in [0, 0.1) is 17.7 Å². The first kappa shape index (κ1) is 22.7. The molecule has 33 heavy (non-hydrogen) atoms. The lowest BCUT2D eigenvalue weighted by molar-refractivity contribution is -0.153. The molecule has 0 bridgehead atoms. The van der Waals surface area contributed by atoms with E-state index in [4.69, 9.17) is 0 Å². The molecule has 180 valence electrons. The van der Waals surface area contributed by atoms with Crippen LogP contribution in [0.4, 0.5) is 4.39 Å². The summed E-state index contributed by atoms with van der Waals surface area (Å²) in [5, 5.41) is 5.40. The molecule has 1 aliphatic carbocycles. The standard InChI is InChI=1S/C25H36FN5O2/c1-29-23-14-19(5-6-21(23)31-22(25(29)33)7-10-28-31)24(32)27-15-17-8-11-30(12-9-17)16-18-3-2-4-20(26)13-18/h2-4,13,17,19,21-23,28H,5-12,14-16H2,1H3,(H,27,32). The third kappa shape index (κ3) is 4.79. The molecule has 4 unspecified atom stereocenters. The number of benzene rings is 1. The van der Waals surface area contributed by atoms with Gasteiger partial charge < -0.3 is 10.2 Å². The Morgan fingerprint density at radius 3 is 2.76 bits per heavy atom. The van der Waals surface area contributed by atoms with Crippen molar-refractivity contribution >= 4 is 11.8 Å². The number of nitrogens with one attached hydrogen (secondary N) is 2. The highest BCUT2D eigenvalue weighted by atomic mass is 19.1. The number of hydrazine groups is 1. The van der Waals surface area contributed by atoms with Crippen LogP contribution in [0.25, 0.3) is 0 Å². The zero-order chi connectivity index (χ0) is 22.9. The summed E-state index contributed by atoms with van der Waals surface area (Å²) in [7, 11) is 1.91. The number of hydrogen-bond acceptors (Lipinski definition) is 5. The molecule has 1 aromatic carbocycles. The van der Waals surface area contributed by atoms with Crippen LogP contribution in [0.15, 0.2) is 24.3 Å². The first-order chi connectivity index (χ1) is 16.0. The number of piperazine rings is 1. The van der Waals surface area contributed by atoms with Crippen molar-refractivity contribution in [2.24, 2.45) is 11.8 Å². The number of likely N-dealkylation sites (N-methyl/N-ethyl adjacent to an activating group) is 1. The van der Waals surface area contributed by atoms with E-state index in [0.29, 0.717) is 12.0 Å². The van der Waals surface area contributed by atoms with Gasteiger partial charge in [-0.2, -0.15) is 0 Å². The molecule has 4 fully saturated rings. The number of nitrogens with zero attached hydrogens (tertiary/aromatic N) is 3. The monoisotopic (exact) mass is 457 g/mol. The average Bonchev–Trinajstić information content (AvgIpc) is 3.32. The Bertz CT molecular complexity index is 874. The van der Waals surface area contributed by atoms with Gasteiger partial charge in [-0.3, -0.25) is 19.9 Å². The van der Waals surface area contributed by atoms with Gasteiger partial charge >= 0.3 is 0 Å². The summed E-state index contributed by atoms with van der Waals surface area (Å²) >= 11 is 0. The van der Waals surface area contributed by atoms with Crippen molar-refractivity contribution in [1.29, 1.82) is 0 Å². The molecular weight excluding hydrogens is 421 g/mol. The number of likely N-dealkylation sites (tertiary alicyclic amines) is 1. The van der Waals surface area contributed by atoms with E-state index in [2.05, 4.69) is 20.7 Å². The van der Waals surface area contributed by atoms with Gasteiger partial charge in [-0.25, -0.2) is 9.40 Å². The van der Waals surface area contributed by atoms with Crippen molar-refractivity contribution in [2.45, 2.75) is 63.2 Å². The summed E-state index contributed by atoms with van der Waals surface area (Å²) in [6, 6.07) is 7.21. The second-order valence-electron chi connectivity index (χ2n) is 10.3. The normalized spacial score (nSPS) is 31.3. The van der Waals surface area contributed by atoms with Crippen LogP contribution in [0.2, 0.25) is 0 Å². The fourth-order valence-electron chi connectivity index (χ4n) is 6.31. The molecule has 4 atom stereocenters. The Kier molecular flexibility index (Phi) is 6.67. The zero-order valence-corrected chi connectivity index (χ0v) is 19.5. The van der Waals surface area contributed by atoms with E-state index in [9.17, 15) is 14.0 Å². The van der Waals surface area contributed by atoms with E-state index in [1.807, 2.05) is 18.0 Å². The second-order valence-corrected chi connectivity index (χ2v) is 10.3. The van der Waals surface area contributed by atoms with E-state index in [-0.39, 0.29) is 35.6 Å². The van der Waals surface area contributed by atoms with E-state index < -0.39 is 0 Å². The van der Waals surface area contributed by atoms with Crippen LogP contribution in [-0.2, 0) is 16.1 Å². The van der Waals surface area contributed by atoms with Crippen molar-refractivity contribution in [3.8, 4) is 0 Å². The van der Waals surface area contributed by atoms with Gasteiger partial charge in [0.05, 0.1) is 0 Å². The highest BCUT2D eigenvalue weighted by Crippen LogP contribution is 2.36. The lowest BCUT2D eigenvalue weighted by Gasteiger charge is -2.50. The third-order valence-electron chi connectivity index (χ3n) is 8.25. The van der Waals surface area contributed by atoms with Gasteiger partial charge in [0.2, 0.25) is 11.8 Å². The number of amides is 2. The lowest BCUT2D eigenvalue weighted by Crippen LogP contribution is -2.67. The largest absolute Gasteiger partial charge is 0.356 e. The van der Waals surface area contributed by atoms with Crippen LogP contribution in [0.5, 0.6) is 0 Å². The van der Waals surface area contributed by atoms with E-state index >= 15 is 0 Å². The molecule has 2 amide bonds. The summed E-state index contributed by atoms with van der Waals surface area (Å²) < 4.78 is 13.4. The van der Waals surface area contributed by atoms with Gasteiger partial charge in [0, 0.05) is 44.7 Å². The van der Waals surface area contributed by atoms with Gasteiger partial charge in [0.25, 0.3) is 0 Å². The van der Waals surface area contributed by atoms with Crippen LogP contribution in [0.1, 0.15) is 44.1 Å². The number of carbonyl (C=O) groups excluding carboxylic acids is 2. The van der Waals surface area contributed by atoms with Crippen LogP contribution in [-0.4, -0.2) is 78.0 Å². The number of carbonyl (C=O) groups is 2. The minimum atomic E-state index is -0.181. The Morgan fingerprint density at radius 2 is 1.97 bits per heavy atom. The van der Waals surface area contributed by atoms with E-state index in [1.165, 1.54) is 6.07 Å². The first-order valence-corrected chi connectivity index (χ1v) is 12.5. The predicted octanol–water partition coefficient (Wildman–Crippen LogP) is 1.74. The van der Waals surface area contributed by atoms with Gasteiger partial charge in [0.1, 0.15) is 11.9 Å². The molecule has 4 aliphatic rings. The van der Waals surface area contributed by atoms with Crippen molar-refractivity contribution in [1.82, 2.24) is 25.6 Å². The molecule has 2 N–H and O–H groups in total. The highest BCUT2D eigenvalue weighted by molar-refractivity contribution is 5.84. The Morgan fingerprint density at radius 1 is 1.15 bits per heavy atom. The molecular formula is C25H36FN5O2. The zero-order valence-electron chi connectivity index (χ0n) is 19.5. The minimum Gasteiger partial charge on any atom is -0.356 e. The Hall–Kier alpha value is -2.03. The molecule has 3 aliphatic heterocycles. The molecule has 5 rings (SSSR count). The molecule has 0 aromatic heterocycles. The number of fused-ring (bicyclic) bond motifs is 3. The van der Waals surface area contributed by atoms with Crippen LogP contribution < -0.4 is 10.7 Å². The topological polar surface area (TPSA) is 67.9 Å². The fourth-order valence-corrected chi connectivity index (χ4v) is 6.31. The fraction of sp³-hybridized carbons (Fsp3) is 0.680. The van der Waals surface area contributed by atoms with Crippen molar-refractivity contribution in [2.75, 3.05) is 33.2 Å². The van der Waals surface area contributed by atoms with Gasteiger partial charge in [0.15, 0.2) is 0 Å². The SMILES string of the molecule is CN1C(=O)C2CCNN2C2CCC(C(=O)NCC3CCN(Cc4cccc(F)c4)CC3)CC21. The number of rotatable bonds is 5.